The van der Waals surface area contributed by atoms with E-state index in [4.69, 9.17) is 21.1 Å². The van der Waals surface area contributed by atoms with Gasteiger partial charge < -0.3 is 24.6 Å². The maximum atomic E-state index is 12.7. The fourth-order valence-electron chi connectivity index (χ4n) is 4.47. The monoisotopic (exact) mass is 467 g/mol. The molecule has 2 saturated heterocycles. The Morgan fingerprint density at radius 1 is 1.06 bits per heavy atom. The highest BCUT2D eigenvalue weighted by Crippen LogP contribution is 2.38. The summed E-state index contributed by atoms with van der Waals surface area (Å²) in [5, 5.41) is 3.73. The maximum Gasteiger partial charge on any atom is 0.253 e. The molecule has 8 heteroatoms. The molecule has 0 bridgehead atoms. The predicted octanol–water partition coefficient (Wildman–Crippen LogP) is 2.78. The van der Waals surface area contributed by atoms with Gasteiger partial charge in [-0.2, -0.15) is 0 Å². The minimum Gasteiger partial charge on any atom is -0.370 e. The summed E-state index contributed by atoms with van der Waals surface area (Å²) in [5.74, 6) is -0.347. The Hall–Kier alpha value is -2.87. The van der Waals surface area contributed by atoms with Gasteiger partial charge in [-0.1, -0.05) is 29.8 Å². The molecule has 0 spiro atoms. The normalized spacial score (nSPS) is 22.3. The van der Waals surface area contributed by atoms with E-state index in [-0.39, 0.29) is 30.4 Å². The highest BCUT2D eigenvalue weighted by atomic mass is 35.5. The first-order valence-electron chi connectivity index (χ1n) is 11.2. The molecule has 0 saturated carbocycles. The molecule has 2 heterocycles. The van der Waals surface area contributed by atoms with E-state index < -0.39 is 0 Å². The number of carbonyl (C=O) groups is 2. The molecular formula is C25H26ClN3O4. The smallest absolute Gasteiger partial charge is 0.253 e. The Morgan fingerprint density at radius 3 is 2.61 bits per heavy atom. The van der Waals surface area contributed by atoms with Crippen molar-refractivity contribution < 1.29 is 19.1 Å². The summed E-state index contributed by atoms with van der Waals surface area (Å²) in [4.78, 5) is 28.9. The van der Waals surface area contributed by atoms with Gasteiger partial charge in [-0.3, -0.25) is 9.59 Å². The van der Waals surface area contributed by atoms with Crippen molar-refractivity contribution in [3.8, 4) is 0 Å². The largest absolute Gasteiger partial charge is 0.370 e. The third kappa shape index (κ3) is 4.62. The molecule has 172 valence electrons. The second kappa shape index (κ2) is 9.55. The Kier molecular flexibility index (Phi) is 6.35. The van der Waals surface area contributed by atoms with Crippen LogP contribution in [0.2, 0.25) is 5.02 Å². The number of hydrogen-bond donors (Lipinski definition) is 1. The van der Waals surface area contributed by atoms with Crippen LogP contribution in [0.3, 0.4) is 0 Å². The third-order valence-electron chi connectivity index (χ3n) is 6.26. The van der Waals surface area contributed by atoms with Crippen LogP contribution in [0.25, 0.3) is 0 Å². The minimum absolute atomic E-state index is 0.0211. The number of amides is 2. The average molecular weight is 468 g/mol. The summed E-state index contributed by atoms with van der Waals surface area (Å²) < 4.78 is 11.2. The van der Waals surface area contributed by atoms with Gasteiger partial charge >= 0.3 is 0 Å². The van der Waals surface area contributed by atoms with Gasteiger partial charge in [-0.05, 0) is 48.4 Å². The second-order valence-corrected chi connectivity index (χ2v) is 8.78. The maximum absolute atomic E-state index is 12.7. The van der Waals surface area contributed by atoms with Crippen molar-refractivity contribution in [2.45, 2.75) is 12.5 Å². The van der Waals surface area contributed by atoms with E-state index in [2.05, 4.69) is 10.2 Å². The van der Waals surface area contributed by atoms with Crippen LogP contribution in [0.15, 0.2) is 60.3 Å². The number of nitrogens with one attached hydrogen (secondary N) is 1. The zero-order valence-electron chi connectivity index (χ0n) is 18.2. The SMILES string of the molecule is O=C(NCCc1ccc(Cl)cc1)C1C=C2C1OCCN2c1cccc(N2CCOCC2=O)c1. The molecule has 2 atom stereocenters. The topological polar surface area (TPSA) is 71.1 Å². The van der Waals surface area contributed by atoms with E-state index in [1.54, 1.807) is 4.90 Å². The first-order chi connectivity index (χ1) is 16.1. The summed E-state index contributed by atoms with van der Waals surface area (Å²) in [6, 6.07) is 15.6. The molecular weight excluding hydrogens is 442 g/mol. The Balaban J connectivity index is 1.23. The molecule has 33 heavy (non-hydrogen) atoms. The van der Waals surface area contributed by atoms with Gasteiger partial charge in [-0.15, -0.1) is 0 Å². The van der Waals surface area contributed by atoms with Crippen molar-refractivity contribution in [3.05, 3.63) is 70.9 Å². The van der Waals surface area contributed by atoms with Gasteiger partial charge in [0.2, 0.25) is 5.91 Å². The number of halogens is 1. The number of ether oxygens (including phenoxy) is 2. The molecule has 0 aromatic heterocycles. The first kappa shape index (κ1) is 21.9. The van der Waals surface area contributed by atoms with E-state index in [0.29, 0.717) is 37.9 Å². The van der Waals surface area contributed by atoms with Crippen molar-refractivity contribution >= 4 is 34.8 Å². The Bertz CT molecular complexity index is 1070. The zero-order chi connectivity index (χ0) is 22.8. The molecule has 2 aliphatic heterocycles. The van der Waals surface area contributed by atoms with E-state index in [1.165, 1.54) is 0 Å². The summed E-state index contributed by atoms with van der Waals surface area (Å²) in [7, 11) is 0. The van der Waals surface area contributed by atoms with Crippen LogP contribution >= 0.6 is 11.6 Å². The molecule has 1 aliphatic carbocycles. The van der Waals surface area contributed by atoms with Crippen LogP contribution in [-0.2, 0) is 25.5 Å². The number of carbonyl (C=O) groups excluding carboxylic acids is 2. The summed E-state index contributed by atoms with van der Waals surface area (Å²) in [6.45, 7) is 3.01. The van der Waals surface area contributed by atoms with Crippen LogP contribution in [0.5, 0.6) is 0 Å². The van der Waals surface area contributed by atoms with Gasteiger partial charge in [0.1, 0.15) is 12.7 Å². The molecule has 0 radical (unpaired) electrons. The molecule has 2 aromatic rings. The molecule has 3 aliphatic rings. The van der Waals surface area contributed by atoms with Gasteiger partial charge in [0.25, 0.3) is 5.91 Å². The summed E-state index contributed by atoms with van der Waals surface area (Å²) in [5.41, 5.74) is 3.99. The lowest BCUT2D eigenvalue weighted by Gasteiger charge is -2.45. The van der Waals surface area contributed by atoms with Crippen LogP contribution in [0.1, 0.15) is 5.56 Å². The Labute approximate surface area is 197 Å². The minimum atomic E-state index is -0.294. The number of fused-ring (bicyclic) bond motifs is 1. The fourth-order valence-corrected chi connectivity index (χ4v) is 4.60. The first-order valence-corrected chi connectivity index (χ1v) is 11.6. The predicted molar refractivity (Wildman–Crippen MR) is 126 cm³/mol. The van der Waals surface area contributed by atoms with E-state index in [1.807, 2.05) is 54.6 Å². The highest BCUT2D eigenvalue weighted by Gasteiger charge is 2.43. The lowest BCUT2D eigenvalue weighted by atomic mass is 9.84. The number of benzene rings is 2. The van der Waals surface area contributed by atoms with Crippen molar-refractivity contribution in [2.24, 2.45) is 5.92 Å². The van der Waals surface area contributed by atoms with Crippen LogP contribution in [-0.4, -0.2) is 57.4 Å². The molecule has 7 nitrogen and oxygen atoms in total. The third-order valence-corrected chi connectivity index (χ3v) is 6.51. The lowest BCUT2D eigenvalue weighted by molar-refractivity contribution is -0.129. The molecule has 5 rings (SSSR count). The van der Waals surface area contributed by atoms with Gasteiger partial charge in [-0.25, -0.2) is 0 Å². The Morgan fingerprint density at radius 2 is 1.82 bits per heavy atom. The lowest BCUT2D eigenvalue weighted by Crippen LogP contribution is -2.53. The summed E-state index contributed by atoms with van der Waals surface area (Å²) >= 11 is 5.92. The van der Waals surface area contributed by atoms with E-state index in [0.717, 1.165) is 29.1 Å². The molecule has 2 aromatic carbocycles. The van der Waals surface area contributed by atoms with Gasteiger partial charge in [0.05, 0.1) is 19.1 Å². The fraction of sp³-hybridized carbons (Fsp3) is 0.360. The van der Waals surface area contributed by atoms with Gasteiger partial charge in [0.15, 0.2) is 0 Å². The van der Waals surface area contributed by atoms with E-state index >= 15 is 0 Å². The second-order valence-electron chi connectivity index (χ2n) is 8.35. The van der Waals surface area contributed by atoms with Crippen LogP contribution < -0.4 is 15.1 Å². The molecule has 1 N–H and O–H groups in total. The quantitative estimate of drug-likeness (QED) is 0.707. The van der Waals surface area contributed by atoms with Crippen LogP contribution in [0.4, 0.5) is 11.4 Å². The van der Waals surface area contributed by atoms with Crippen molar-refractivity contribution in [3.63, 3.8) is 0 Å². The molecule has 2 fully saturated rings. The van der Waals surface area contributed by atoms with Crippen LogP contribution in [0, 0.1) is 5.92 Å². The highest BCUT2D eigenvalue weighted by molar-refractivity contribution is 6.30. The number of hydrogen-bond acceptors (Lipinski definition) is 5. The number of nitrogens with zero attached hydrogens (tertiary/aromatic N) is 2. The number of rotatable bonds is 6. The number of anilines is 2. The molecule has 2 unspecified atom stereocenters. The van der Waals surface area contributed by atoms with E-state index in [9.17, 15) is 9.59 Å². The zero-order valence-corrected chi connectivity index (χ0v) is 19.0. The van der Waals surface area contributed by atoms with Crippen molar-refractivity contribution in [2.75, 3.05) is 49.3 Å². The standard InChI is InChI=1S/C25H26ClN3O4/c26-18-6-4-17(5-7-18)8-9-27-25(31)21-15-22-24(21)33-13-11-28(22)19-2-1-3-20(14-19)29-10-12-32-16-23(29)30/h1-7,14-15,21,24H,8-13,16H2,(H,27,31). The number of morpholine rings is 2. The van der Waals surface area contributed by atoms with Gasteiger partial charge in [0, 0.05) is 41.7 Å². The summed E-state index contributed by atoms with van der Waals surface area (Å²) in [6.07, 6.45) is 2.48. The molecule has 2 amide bonds. The van der Waals surface area contributed by atoms with Crippen molar-refractivity contribution in [1.29, 1.82) is 0 Å². The average Bonchev–Trinajstić information content (AvgIpc) is 2.81. The van der Waals surface area contributed by atoms with Crippen molar-refractivity contribution in [1.82, 2.24) is 5.32 Å².